The minimum absolute atomic E-state index is 0.136. The number of hydrogen-bond acceptors (Lipinski definition) is 3. The van der Waals surface area contributed by atoms with E-state index in [9.17, 15) is 8.42 Å². The summed E-state index contributed by atoms with van der Waals surface area (Å²) in [5.74, 6) is 0. The van der Waals surface area contributed by atoms with Crippen LogP contribution in [0.1, 0.15) is 5.56 Å². The fourth-order valence-corrected chi connectivity index (χ4v) is 3.94. The predicted octanol–water partition coefficient (Wildman–Crippen LogP) is 4.13. The van der Waals surface area contributed by atoms with Gasteiger partial charge in [0.25, 0.3) is 0 Å². The molecule has 1 aromatic heterocycles. The molecule has 2 aromatic carbocycles. The predicted molar refractivity (Wildman–Crippen MR) is 94.9 cm³/mol. The van der Waals surface area contributed by atoms with Gasteiger partial charge in [-0.1, -0.05) is 41.9 Å². The van der Waals surface area contributed by atoms with Crippen LogP contribution in [0.2, 0.25) is 5.02 Å². The molecule has 0 atom stereocenters. The van der Waals surface area contributed by atoms with Gasteiger partial charge in [0.2, 0.25) is 10.0 Å². The number of nitrogens with zero attached hydrogens (tertiary/aromatic N) is 1. The lowest BCUT2D eigenvalue weighted by molar-refractivity contribution is 0.581. The minimum atomic E-state index is -3.58. The van der Waals surface area contributed by atoms with E-state index in [1.807, 2.05) is 12.1 Å². The van der Waals surface area contributed by atoms with E-state index in [0.717, 1.165) is 15.4 Å². The summed E-state index contributed by atoms with van der Waals surface area (Å²) >= 11 is 9.58. The fourth-order valence-electron chi connectivity index (χ4n) is 2.25. The second-order valence-electron chi connectivity index (χ2n) is 4.86. The standard InChI is InChI=1S/C16H12BrClN2O2S/c17-14-10-19-16-12(7-4-8-15(16)18)13(14)9-20-23(21,22)11-5-2-1-3-6-11/h1-8,10,20H,9H2. The Balaban J connectivity index is 1.97. The number of hydrogen-bond donors (Lipinski definition) is 1. The Labute approximate surface area is 147 Å². The molecule has 23 heavy (non-hydrogen) atoms. The van der Waals surface area contributed by atoms with Crippen molar-refractivity contribution in [3.05, 3.63) is 69.8 Å². The summed E-state index contributed by atoms with van der Waals surface area (Å²) in [6.07, 6.45) is 1.63. The molecule has 0 saturated heterocycles. The summed E-state index contributed by atoms with van der Waals surface area (Å²) in [5.41, 5.74) is 1.43. The zero-order chi connectivity index (χ0) is 16.4. The molecule has 3 rings (SSSR count). The Morgan fingerprint density at radius 1 is 1.09 bits per heavy atom. The van der Waals surface area contributed by atoms with Crippen molar-refractivity contribution < 1.29 is 8.42 Å². The third-order valence-electron chi connectivity index (χ3n) is 3.40. The van der Waals surface area contributed by atoms with Crippen LogP contribution >= 0.6 is 27.5 Å². The Morgan fingerprint density at radius 3 is 2.57 bits per heavy atom. The molecule has 1 N–H and O–H groups in total. The van der Waals surface area contributed by atoms with Gasteiger partial charge in [-0.15, -0.1) is 0 Å². The van der Waals surface area contributed by atoms with Crippen LogP contribution in [0.15, 0.2) is 64.1 Å². The molecule has 1 heterocycles. The zero-order valence-corrected chi connectivity index (χ0v) is 15.0. The Bertz CT molecular complexity index is 962. The molecule has 0 aliphatic heterocycles. The van der Waals surface area contributed by atoms with Crippen molar-refractivity contribution in [3.63, 3.8) is 0 Å². The first-order chi connectivity index (χ1) is 11.0. The van der Waals surface area contributed by atoms with E-state index in [-0.39, 0.29) is 11.4 Å². The first-order valence-electron chi connectivity index (χ1n) is 6.75. The van der Waals surface area contributed by atoms with Gasteiger partial charge in [0.15, 0.2) is 0 Å². The van der Waals surface area contributed by atoms with Crippen molar-refractivity contribution in [2.45, 2.75) is 11.4 Å². The third-order valence-corrected chi connectivity index (χ3v) is 5.81. The Morgan fingerprint density at radius 2 is 1.83 bits per heavy atom. The number of aromatic nitrogens is 1. The normalized spacial score (nSPS) is 11.7. The molecule has 7 heteroatoms. The maximum absolute atomic E-state index is 12.4. The second kappa shape index (κ2) is 6.57. The molecule has 4 nitrogen and oxygen atoms in total. The number of para-hydroxylation sites is 1. The van der Waals surface area contributed by atoms with Gasteiger partial charge in [0.05, 0.1) is 15.4 Å². The highest BCUT2D eigenvalue weighted by Crippen LogP contribution is 2.29. The monoisotopic (exact) mass is 410 g/mol. The highest BCUT2D eigenvalue weighted by Gasteiger charge is 2.16. The minimum Gasteiger partial charge on any atom is -0.253 e. The lowest BCUT2D eigenvalue weighted by Crippen LogP contribution is -2.23. The highest BCUT2D eigenvalue weighted by molar-refractivity contribution is 9.10. The van der Waals surface area contributed by atoms with E-state index < -0.39 is 10.0 Å². The largest absolute Gasteiger partial charge is 0.253 e. The highest BCUT2D eigenvalue weighted by atomic mass is 79.9. The molecule has 3 aromatic rings. The van der Waals surface area contributed by atoms with E-state index in [2.05, 4.69) is 25.6 Å². The summed E-state index contributed by atoms with van der Waals surface area (Å²) in [5, 5.41) is 1.34. The molecule has 0 saturated carbocycles. The van der Waals surface area contributed by atoms with Crippen LogP contribution in [0, 0.1) is 0 Å². The quantitative estimate of drug-likeness (QED) is 0.702. The average molecular weight is 412 g/mol. The van der Waals surface area contributed by atoms with Gasteiger partial charge in [-0.2, -0.15) is 0 Å². The molecule has 0 aliphatic rings. The second-order valence-corrected chi connectivity index (χ2v) is 7.89. The van der Waals surface area contributed by atoms with Crippen molar-refractivity contribution in [1.29, 1.82) is 0 Å². The third kappa shape index (κ3) is 3.40. The van der Waals surface area contributed by atoms with Gasteiger partial charge >= 0.3 is 0 Å². The SMILES string of the molecule is O=S(=O)(NCc1c(Br)cnc2c(Cl)cccc12)c1ccccc1. The van der Waals surface area contributed by atoms with Crippen LogP contribution in [0.25, 0.3) is 10.9 Å². The zero-order valence-electron chi connectivity index (χ0n) is 11.8. The number of rotatable bonds is 4. The molecule has 0 unspecified atom stereocenters. The van der Waals surface area contributed by atoms with Crippen LogP contribution < -0.4 is 4.72 Å². The number of nitrogens with one attached hydrogen (secondary N) is 1. The topological polar surface area (TPSA) is 59.1 Å². The number of halogens is 2. The molecule has 0 fully saturated rings. The van der Waals surface area contributed by atoms with E-state index in [1.54, 1.807) is 42.6 Å². The lowest BCUT2D eigenvalue weighted by Gasteiger charge is -2.11. The summed E-state index contributed by atoms with van der Waals surface area (Å²) in [4.78, 5) is 4.52. The summed E-state index contributed by atoms with van der Waals surface area (Å²) < 4.78 is 28.0. The van der Waals surface area contributed by atoms with Crippen molar-refractivity contribution in [1.82, 2.24) is 9.71 Å². The van der Waals surface area contributed by atoms with Crippen molar-refractivity contribution in [2.24, 2.45) is 0 Å². The summed E-state index contributed by atoms with van der Waals surface area (Å²) in [6, 6.07) is 13.7. The van der Waals surface area contributed by atoms with Crippen molar-refractivity contribution in [3.8, 4) is 0 Å². The maximum Gasteiger partial charge on any atom is 0.240 e. The molecule has 0 amide bonds. The van der Waals surface area contributed by atoms with Crippen molar-refractivity contribution in [2.75, 3.05) is 0 Å². The smallest absolute Gasteiger partial charge is 0.240 e. The van der Waals surface area contributed by atoms with E-state index in [4.69, 9.17) is 11.6 Å². The van der Waals surface area contributed by atoms with Gasteiger partial charge in [-0.3, -0.25) is 4.98 Å². The molecule has 0 radical (unpaired) electrons. The number of fused-ring (bicyclic) bond motifs is 1. The first-order valence-corrected chi connectivity index (χ1v) is 9.41. The van der Waals surface area contributed by atoms with Gasteiger partial charge < -0.3 is 0 Å². The van der Waals surface area contributed by atoms with E-state index in [1.165, 1.54) is 0 Å². The van der Waals surface area contributed by atoms with Crippen LogP contribution in [-0.2, 0) is 16.6 Å². The van der Waals surface area contributed by atoms with Crippen LogP contribution in [-0.4, -0.2) is 13.4 Å². The van der Waals surface area contributed by atoms with Gasteiger partial charge in [0.1, 0.15) is 0 Å². The Kier molecular flexibility index (Phi) is 4.68. The summed E-state index contributed by atoms with van der Waals surface area (Å²) in [6.45, 7) is 0.136. The lowest BCUT2D eigenvalue weighted by atomic mass is 10.1. The molecular formula is C16H12BrClN2O2S. The van der Waals surface area contributed by atoms with Crippen LogP contribution in [0.3, 0.4) is 0 Å². The number of sulfonamides is 1. The Hall–Kier alpha value is -1.47. The van der Waals surface area contributed by atoms with Gasteiger partial charge in [0, 0.05) is 22.6 Å². The molecule has 0 bridgehead atoms. The molecule has 118 valence electrons. The molecular weight excluding hydrogens is 400 g/mol. The van der Waals surface area contributed by atoms with Crippen LogP contribution in [0.4, 0.5) is 0 Å². The van der Waals surface area contributed by atoms with E-state index in [0.29, 0.717) is 10.5 Å². The molecule has 0 aliphatic carbocycles. The van der Waals surface area contributed by atoms with Crippen LogP contribution in [0.5, 0.6) is 0 Å². The number of pyridine rings is 1. The molecule has 0 spiro atoms. The van der Waals surface area contributed by atoms with Gasteiger partial charge in [-0.05, 0) is 39.7 Å². The number of benzene rings is 2. The fraction of sp³-hybridized carbons (Fsp3) is 0.0625. The maximum atomic E-state index is 12.4. The van der Waals surface area contributed by atoms with E-state index >= 15 is 0 Å². The summed E-state index contributed by atoms with van der Waals surface area (Å²) in [7, 11) is -3.58. The van der Waals surface area contributed by atoms with Crippen molar-refractivity contribution >= 4 is 48.5 Å². The first kappa shape index (κ1) is 16.4. The average Bonchev–Trinajstić information content (AvgIpc) is 2.55. The van der Waals surface area contributed by atoms with Gasteiger partial charge in [-0.25, -0.2) is 13.1 Å².